The van der Waals surface area contributed by atoms with Crippen LogP contribution in [0.25, 0.3) is 5.69 Å². The summed E-state index contributed by atoms with van der Waals surface area (Å²) in [5.74, 6) is 0.755. The van der Waals surface area contributed by atoms with E-state index >= 15 is 0 Å². The molecule has 0 radical (unpaired) electrons. The van der Waals surface area contributed by atoms with Crippen molar-refractivity contribution in [1.29, 1.82) is 0 Å². The number of methoxy groups -OCH3 is 1. The van der Waals surface area contributed by atoms with E-state index in [4.69, 9.17) is 17.0 Å². The van der Waals surface area contributed by atoms with Crippen molar-refractivity contribution in [1.82, 2.24) is 19.8 Å². The summed E-state index contributed by atoms with van der Waals surface area (Å²) in [6, 6.07) is 23.9. The highest BCUT2D eigenvalue weighted by Crippen LogP contribution is 2.40. The zero-order valence-electron chi connectivity index (χ0n) is 22.6. The number of carbonyl (C=O) groups excluding carboxylic acids is 1. The Morgan fingerprint density at radius 2 is 1.85 bits per heavy atom. The van der Waals surface area contributed by atoms with E-state index < -0.39 is 0 Å². The van der Waals surface area contributed by atoms with Crippen LogP contribution in [0.15, 0.2) is 79.0 Å². The molecule has 4 aromatic rings. The van der Waals surface area contributed by atoms with Gasteiger partial charge in [-0.3, -0.25) is 9.78 Å². The number of rotatable bonds is 8. The van der Waals surface area contributed by atoms with E-state index in [1.165, 1.54) is 0 Å². The number of nitrogens with one attached hydrogen (secondary N) is 2. The molecule has 0 bridgehead atoms. The largest absolute Gasteiger partial charge is 0.497 e. The highest BCUT2D eigenvalue weighted by atomic mass is 32.1. The van der Waals surface area contributed by atoms with E-state index in [0.717, 1.165) is 45.3 Å². The molecule has 5 rings (SSSR count). The minimum Gasteiger partial charge on any atom is -0.497 e. The summed E-state index contributed by atoms with van der Waals surface area (Å²) in [6.45, 7) is 6.57. The van der Waals surface area contributed by atoms with Gasteiger partial charge in [0.25, 0.3) is 0 Å². The van der Waals surface area contributed by atoms with E-state index in [1.54, 1.807) is 13.3 Å². The van der Waals surface area contributed by atoms with Gasteiger partial charge in [0.05, 0.1) is 24.9 Å². The van der Waals surface area contributed by atoms with Gasteiger partial charge < -0.3 is 24.8 Å². The summed E-state index contributed by atoms with van der Waals surface area (Å²) in [7, 11) is 1.66. The highest BCUT2D eigenvalue weighted by Gasteiger charge is 2.41. The molecule has 1 aliphatic rings. The SMILES string of the molecule is COc1ccc(-n2c(C)ccc2C2C(c3ccccn3)NC(=S)N2CCC(=O)Nc2cc(C)ccc2C)cc1. The number of ether oxygens (including phenoxy) is 1. The molecule has 2 aromatic heterocycles. The van der Waals surface area contributed by atoms with Crippen LogP contribution in [0, 0.1) is 20.8 Å². The Kier molecular flexibility index (Phi) is 7.65. The summed E-state index contributed by atoms with van der Waals surface area (Å²) in [5.41, 5.74) is 7.07. The average molecular weight is 540 g/mol. The quantitative estimate of drug-likeness (QED) is 0.276. The van der Waals surface area contributed by atoms with Crippen molar-refractivity contribution in [3.05, 3.63) is 107 Å². The second-order valence-electron chi connectivity index (χ2n) is 9.87. The number of anilines is 1. The van der Waals surface area contributed by atoms with E-state index in [1.807, 2.05) is 74.5 Å². The second-order valence-corrected chi connectivity index (χ2v) is 10.3. The molecule has 7 nitrogen and oxygen atoms in total. The van der Waals surface area contributed by atoms with E-state index in [-0.39, 0.29) is 18.0 Å². The molecule has 1 fully saturated rings. The second kappa shape index (κ2) is 11.3. The topological polar surface area (TPSA) is 71.4 Å². The molecule has 39 heavy (non-hydrogen) atoms. The van der Waals surface area contributed by atoms with Crippen molar-refractivity contribution < 1.29 is 9.53 Å². The van der Waals surface area contributed by atoms with Gasteiger partial charge in [-0.05, 0) is 98.7 Å². The molecule has 200 valence electrons. The fourth-order valence-electron chi connectivity index (χ4n) is 5.15. The third-order valence-corrected chi connectivity index (χ3v) is 7.54. The summed E-state index contributed by atoms with van der Waals surface area (Å²) in [4.78, 5) is 19.8. The number of carbonyl (C=O) groups is 1. The molecule has 3 heterocycles. The van der Waals surface area contributed by atoms with E-state index in [9.17, 15) is 4.79 Å². The Bertz CT molecular complexity index is 1480. The molecule has 2 unspecified atom stereocenters. The first-order valence-corrected chi connectivity index (χ1v) is 13.4. The number of benzene rings is 2. The minimum atomic E-state index is -0.174. The van der Waals surface area contributed by atoms with Crippen molar-refractivity contribution in [3.8, 4) is 11.4 Å². The smallest absolute Gasteiger partial charge is 0.226 e. The standard InChI is InChI=1S/C31H33N5O2S/c1-20-8-9-21(2)26(19-20)33-28(37)16-18-35-30(29(34-31(35)39)25-7-5-6-17-32-25)27-15-10-22(3)36(27)23-11-13-24(38-4)14-12-23/h5-15,17,19,29-30H,16,18H2,1-4H3,(H,33,37)(H,34,39). The lowest BCUT2D eigenvalue weighted by atomic mass is 10.0. The van der Waals surface area contributed by atoms with Crippen molar-refractivity contribution in [2.24, 2.45) is 0 Å². The van der Waals surface area contributed by atoms with Gasteiger partial charge in [-0.15, -0.1) is 0 Å². The molecule has 0 saturated carbocycles. The van der Waals surface area contributed by atoms with Gasteiger partial charge in [0.2, 0.25) is 5.91 Å². The molecule has 2 aromatic carbocycles. The Balaban J connectivity index is 1.47. The zero-order valence-corrected chi connectivity index (χ0v) is 23.5. The van der Waals surface area contributed by atoms with Gasteiger partial charge in [0, 0.05) is 41.9 Å². The summed E-state index contributed by atoms with van der Waals surface area (Å²) in [6.07, 6.45) is 2.09. The fourth-order valence-corrected chi connectivity index (χ4v) is 5.48. The molecular weight excluding hydrogens is 506 g/mol. The fraction of sp³-hybridized carbons (Fsp3) is 0.258. The Hall–Kier alpha value is -4.17. The number of hydrogen-bond acceptors (Lipinski definition) is 4. The van der Waals surface area contributed by atoms with Gasteiger partial charge in [-0.25, -0.2) is 0 Å². The predicted molar refractivity (Wildman–Crippen MR) is 158 cm³/mol. The Morgan fingerprint density at radius 1 is 1.05 bits per heavy atom. The molecule has 0 spiro atoms. The van der Waals surface area contributed by atoms with Crippen molar-refractivity contribution in [3.63, 3.8) is 0 Å². The molecule has 1 saturated heterocycles. The zero-order chi connectivity index (χ0) is 27.5. The van der Waals surface area contributed by atoms with Crippen LogP contribution >= 0.6 is 12.2 Å². The van der Waals surface area contributed by atoms with Crippen molar-refractivity contribution in [2.75, 3.05) is 19.0 Å². The van der Waals surface area contributed by atoms with Crippen LogP contribution < -0.4 is 15.4 Å². The van der Waals surface area contributed by atoms with Crippen LogP contribution in [0.1, 0.15) is 46.7 Å². The molecule has 1 aliphatic heterocycles. The van der Waals surface area contributed by atoms with Crippen LogP contribution in [0.2, 0.25) is 0 Å². The molecule has 1 amide bonds. The summed E-state index contributed by atoms with van der Waals surface area (Å²) >= 11 is 5.84. The first-order chi connectivity index (χ1) is 18.9. The van der Waals surface area contributed by atoms with Gasteiger partial charge >= 0.3 is 0 Å². The first kappa shape index (κ1) is 26.4. The lowest BCUT2D eigenvalue weighted by Crippen LogP contribution is -2.33. The molecule has 2 N–H and O–H groups in total. The van der Waals surface area contributed by atoms with Crippen LogP contribution in [-0.4, -0.2) is 39.1 Å². The molecular formula is C31H33N5O2S. The predicted octanol–water partition coefficient (Wildman–Crippen LogP) is 5.81. The normalized spacial score (nSPS) is 16.7. The maximum atomic E-state index is 13.1. The number of hydrogen-bond donors (Lipinski definition) is 2. The van der Waals surface area contributed by atoms with Crippen LogP contribution in [0.5, 0.6) is 5.75 Å². The number of amides is 1. The number of thiocarbonyl (C=S) groups is 1. The lowest BCUT2D eigenvalue weighted by molar-refractivity contribution is -0.116. The number of aryl methyl sites for hydroxylation is 3. The minimum absolute atomic E-state index is 0.0479. The molecule has 2 atom stereocenters. The van der Waals surface area contributed by atoms with Gasteiger partial charge in [-0.1, -0.05) is 18.2 Å². The highest BCUT2D eigenvalue weighted by molar-refractivity contribution is 7.80. The summed E-state index contributed by atoms with van der Waals surface area (Å²) in [5, 5.41) is 7.18. The van der Waals surface area contributed by atoms with Gasteiger partial charge in [-0.2, -0.15) is 0 Å². The lowest BCUT2D eigenvalue weighted by Gasteiger charge is -2.29. The van der Waals surface area contributed by atoms with Gasteiger partial charge in [0.15, 0.2) is 5.11 Å². The first-order valence-electron chi connectivity index (χ1n) is 13.0. The molecule has 0 aliphatic carbocycles. The van der Waals surface area contributed by atoms with Crippen LogP contribution in [0.4, 0.5) is 5.69 Å². The summed E-state index contributed by atoms with van der Waals surface area (Å²) < 4.78 is 7.61. The van der Waals surface area contributed by atoms with Gasteiger partial charge in [0.1, 0.15) is 5.75 Å². The maximum Gasteiger partial charge on any atom is 0.226 e. The number of aromatic nitrogens is 2. The Morgan fingerprint density at radius 3 is 2.56 bits per heavy atom. The van der Waals surface area contributed by atoms with Crippen molar-refractivity contribution >= 4 is 28.9 Å². The number of pyridine rings is 1. The Labute approximate surface area is 234 Å². The van der Waals surface area contributed by atoms with E-state index in [2.05, 4.69) is 44.1 Å². The van der Waals surface area contributed by atoms with E-state index in [0.29, 0.717) is 18.1 Å². The molecule has 8 heteroatoms. The third-order valence-electron chi connectivity index (χ3n) is 7.18. The monoisotopic (exact) mass is 539 g/mol. The van der Waals surface area contributed by atoms with Crippen molar-refractivity contribution in [2.45, 2.75) is 39.3 Å². The van der Waals surface area contributed by atoms with Crippen LogP contribution in [-0.2, 0) is 4.79 Å². The maximum absolute atomic E-state index is 13.1. The van der Waals surface area contributed by atoms with Crippen LogP contribution in [0.3, 0.4) is 0 Å². The average Bonchev–Trinajstić information content (AvgIpc) is 3.48. The number of nitrogens with zero attached hydrogens (tertiary/aromatic N) is 3. The third kappa shape index (κ3) is 5.52.